The van der Waals surface area contributed by atoms with E-state index in [1.807, 2.05) is 25.1 Å². The predicted molar refractivity (Wildman–Crippen MR) is 114 cm³/mol. The number of nitrogens with two attached hydrogens (primary N) is 1. The Balaban J connectivity index is 1.74. The highest BCUT2D eigenvalue weighted by molar-refractivity contribution is 5.92. The van der Waals surface area contributed by atoms with Crippen molar-refractivity contribution in [2.24, 2.45) is 5.73 Å². The molecule has 1 aliphatic heterocycles. The number of benzene rings is 1. The summed E-state index contributed by atoms with van der Waals surface area (Å²) in [4.78, 5) is 29.8. The molecule has 0 bridgehead atoms. The smallest absolute Gasteiger partial charge is 0.267 e. The van der Waals surface area contributed by atoms with Gasteiger partial charge in [0.05, 0.1) is 11.4 Å². The third-order valence-corrected chi connectivity index (χ3v) is 5.22. The molecule has 0 radical (unpaired) electrons. The largest absolute Gasteiger partial charge is 0.369 e. The Bertz CT molecular complexity index is 1250. The van der Waals surface area contributed by atoms with Crippen molar-refractivity contribution in [3.05, 3.63) is 65.6 Å². The molecule has 3 aromatic rings. The Morgan fingerprint density at radius 1 is 1.26 bits per heavy atom. The zero-order valence-corrected chi connectivity index (χ0v) is 17.2. The Labute approximate surface area is 179 Å². The number of likely N-dealkylation sites (N-methyl/N-ethyl adjacent to an activating group) is 1. The van der Waals surface area contributed by atoms with Gasteiger partial charge in [-0.2, -0.15) is 5.10 Å². The summed E-state index contributed by atoms with van der Waals surface area (Å²) in [5.74, 6) is 4.56. The van der Waals surface area contributed by atoms with Gasteiger partial charge in [0.25, 0.3) is 11.8 Å². The van der Waals surface area contributed by atoms with Gasteiger partial charge in [-0.05, 0) is 37.3 Å². The van der Waals surface area contributed by atoms with Crippen molar-refractivity contribution in [1.82, 2.24) is 19.7 Å². The summed E-state index contributed by atoms with van der Waals surface area (Å²) in [6.07, 6.45) is 1.94. The number of amides is 2. The van der Waals surface area contributed by atoms with Crippen molar-refractivity contribution < 1.29 is 14.7 Å². The van der Waals surface area contributed by atoms with Gasteiger partial charge in [0, 0.05) is 43.0 Å². The number of pyridine rings is 1. The molecule has 1 fully saturated rings. The van der Waals surface area contributed by atoms with Crippen molar-refractivity contribution >= 4 is 11.8 Å². The van der Waals surface area contributed by atoms with Gasteiger partial charge in [-0.1, -0.05) is 24.0 Å². The van der Waals surface area contributed by atoms with Gasteiger partial charge < -0.3 is 15.7 Å². The van der Waals surface area contributed by atoms with Crippen LogP contribution in [0.25, 0.3) is 16.9 Å². The predicted octanol–water partition coefficient (Wildman–Crippen LogP) is 1.29. The van der Waals surface area contributed by atoms with Crippen molar-refractivity contribution in [2.75, 3.05) is 13.6 Å². The molecule has 0 spiro atoms. The number of aromatic nitrogens is 3. The maximum atomic E-state index is 12.1. The molecule has 0 saturated carbocycles. The number of primary amides is 1. The van der Waals surface area contributed by atoms with E-state index in [4.69, 9.17) is 5.73 Å². The summed E-state index contributed by atoms with van der Waals surface area (Å²) in [5, 5.41) is 14.8. The first-order valence-electron chi connectivity index (χ1n) is 9.71. The molecule has 1 aliphatic rings. The molecule has 1 atom stereocenters. The van der Waals surface area contributed by atoms with E-state index in [-0.39, 0.29) is 12.1 Å². The van der Waals surface area contributed by atoms with Crippen LogP contribution in [0, 0.1) is 18.8 Å². The molecule has 1 unspecified atom stereocenters. The molecule has 156 valence electrons. The second-order valence-corrected chi connectivity index (χ2v) is 7.51. The number of hydrogen-bond acceptors (Lipinski definition) is 5. The van der Waals surface area contributed by atoms with Crippen LogP contribution in [-0.4, -0.2) is 55.8 Å². The van der Waals surface area contributed by atoms with Crippen LogP contribution in [0.4, 0.5) is 0 Å². The van der Waals surface area contributed by atoms with E-state index < -0.39 is 17.4 Å². The lowest BCUT2D eigenvalue weighted by Crippen LogP contribution is -2.37. The second-order valence-electron chi connectivity index (χ2n) is 7.51. The first-order valence-corrected chi connectivity index (χ1v) is 9.71. The van der Waals surface area contributed by atoms with Crippen molar-refractivity contribution in [2.45, 2.75) is 18.9 Å². The summed E-state index contributed by atoms with van der Waals surface area (Å²) in [5.41, 5.74) is 7.34. The SMILES string of the molecule is Cc1ccnn1-c1cc(C(N)=O)nc(-c2cccc(C#CC3(O)CCN(C)C3=O)c2)c1. The normalized spacial score (nSPS) is 18.0. The average molecular weight is 415 g/mol. The van der Waals surface area contributed by atoms with Crippen molar-refractivity contribution in [1.29, 1.82) is 0 Å². The van der Waals surface area contributed by atoms with E-state index in [1.54, 1.807) is 42.2 Å². The highest BCUT2D eigenvalue weighted by Gasteiger charge is 2.42. The van der Waals surface area contributed by atoms with Gasteiger partial charge >= 0.3 is 0 Å². The fourth-order valence-electron chi connectivity index (χ4n) is 3.45. The van der Waals surface area contributed by atoms with Crippen LogP contribution in [0.15, 0.2) is 48.7 Å². The molecule has 1 saturated heterocycles. The molecule has 3 heterocycles. The van der Waals surface area contributed by atoms with E-state index in [1.165, 1.54) is 4.90 Å². The molecular formula is C23H21N5O3. The highest BCUT2D eigenvalue weighted by Crippen LogP contribution is 2.24. The maximum absolute atomic E-state index is 12.1. The van der Waals surface area contributed by atoms with Crippen LogP contribution in [0.1, 0.15) is 28.2 Å². The quantitative estimate of drug-likeness (QED) is 0.626. The Morgan fingerprint density at radius 2 is 2.06 bits per heavy atom. The third-order valence-electron chi connectivity index (χ3n) is 5.22. The van der Waals surface area contributed by atoms with Crippen LogP contribution in [0.3, 0.4) is 0 Å². The zero-order chi connectivity index (χ0) is 22.2. The summed E-state index contributed by atoms with van der Waals surface area (Å²) in [7, 11) is 1.64. The average Bonchev–Trinajstić information content (AvgIpc) is 3.31. The minimum Gasteiger partial charge on any atom is -0.369 e. The van der Waals surface area contributed by atoms with Crippen molar-refractivity contribution in [3.8, 4) is 28.8 Å². The molecule has 8 nitrogen and oxygen atoms in total. The fraction of sp³-hybridized carbons (Fsp3) is 0.217. The van der Waals surface area contributed by atoms with Gasteiger partial charge in [-0.15, -0.1) is 0 Å². The van der Waals surface area contributed by atoms with Crippen LogP contribution in [0.2, 0.25) is 0 Å². The van der Waals surface area contributed by atoms with Gasteiger partial charge in [-0.25, -0.2) is 9.67 Å². The van der Waals surface area contributed by atoms with E-state index in [0.717, 1.165) is 5.69 Å². The summed E-state index contributed by atoms with van der Waals surface area (Å²) in [6, 6.07) is 12.4. The van der Waals surface area contributed by atoms with Crippen molar-refractivity contribution in [3.63, 3.8) is 0 Å². The number of hydrogen-bond donors (Lipinski definition) is 2. The number of rotatable bonds is 3. The minimum absolute atomic E-state index is 0.118. The summed E-state index contributed by atoms with van der Waals surface area (Å²) in [6.45, 7) is 2.36. The van der Waals surface area contributed by atoms with E-state index in [0.29, 0.717) is 29.1 Å². The Kier molecular flexibility index (Phi) is 5.05. The number of nitrogens with zero attached hydrogens (tertiary/aromatic N) is 4. The lowest BCUT2D eigenvalue weighted by atomic mass is 10.0. The van der Waals surface area contributed by atoms with Crippen LogP contribution < -0.4 is 5.73 Å². The first kappa shape index (κ1) is 20.3. The fourth-order valence-corrected chi connectivity index (χ4v) is 3.45. The zero-order valence-electron chi connectivity index (χ0n) is 17.2. The molecule has 31 heavy (non-hydrogen) atoms. The Morgan fingerprint density at radius 3 is 2.71 bits per heavy atom. The van der Waals surface area contributed by atoms with E-state index >= 15 is 0 Å². The van der Waals surface area contributed by atoms with Gasteiger partial charge in [-0.3, -0.25) is 9.59 Å². The lowest BCUT2D eigenvalue weighted by molar-refractivity contribution is -0.137. The Hall–Kier alpha value is -3.96. The minimum atomic E-state index is -1.67. The number of carbonyl (C=O) groups is 2. The molecule has 2 aromatic heterocycles. The summed E-state index contributed by atoms with van der Waals surface area (Å²) < 4.78 is 1.69. The van der Waals surface area contributed by atoms with Gasteiger partial charge in [0.15, 0.2) is 0 Å². The lowest BCUT2D eigenvalue weighted by Gasteiger charge is -2.13. The first-order chi connectivity index (χ1) is 14.8. The topological polar surface area (TPSA) is 114 Å². The van der Waals surface area contributed by atoms with Gasteiger partial charge in [0.2, 0.25) is 5.60 Å². The standard InChI is InChI=1S/C23H21N5O3/c1-15-7-10-25-28(15)18-13-19(26-20(14-18)21(24)29)17-5-3-4-16(12-17)6-8-23(31)9-11-27(2)22(23)30/h3-5,7,10,12-14,31H,9,11H2,1-2H3,(H2,24,29). The monoisotopic (exact) mass is 415 g/mol. The number of likely N-dealkylation sites (tertiary alicyclic amines) is 1. The second kappa shape index (κ2) is 7.70. The number of aryl methyl sites for hydroxylation is 1. The number of carbonyl (C=O) groups excluding carboxylic acids is 2. The maximum Gasteiger partial charge on any atom is 0.267 e. The van der Waals surface area contributed by atoms with Crippen LogP contribution in [-0.2, 0) is 4.79 Å². The van der Waals surface area contributed by atoms with Crippen LogP contribution in [0.5, 0.6) is 0 Å². The van der Waals surface area contributed by atoms with E-state index in [2.05, 4.69) is 21.9 Å². The van der Waals surface area contributed by atoms with Crippen LogP contribution >= 0.6 is 0 Å². The molecule has 2 amide bonds. The van der Waals surface area contributed by atoms with E-state index in [9.17, 15) is 14.7 Å². The molecule has 8 heteroatoms. The molecular weight excluding hydrogens is 394 g/mol. The molecule has 4 rings (SSSR count). The molecule has 3 N–H and O–H groups in total. The summed E-state index contributed by atoms with van der Waals surface area (Å²) >= 11 is 0. The third kappa shape index (κ3) is 3.91. The highest BCUT2D eigenvalue weighted by atomic mass is 16.3. The number of aliphatic hydroxyl groups is 1. The molecule has 0 aliphatic carbocycles. The van der Waals surface area contributed by atoms with Gasteiger partial charge in [0.1, 0.15) is 5.69 Å². The molecule has 1 aromatic carbocycles.